The van der Waals surface area contributed by atoms with Crippen molar-refractivity contribution in [2.45, 2.75) is 12.5 Å². The van der Waals surface area contributed by atoms with E-state index >= 15 is 0 Å². The minimum Gasteiger partial charge on any atom is -0.497 e. The molecule has 0 bridgehead atoms. The maximum Gasteiger partial charge on any atom is 0.255 e. The molecule has 3 aromatic rings. The Labute approximate surface area is 168 Å². The molecule has 0 aliphatic carbocycles. The minimum absolute atomic E-state index is 0.0304. The van der Waals surface area contributed by atoms with Crippen LogP contribution in [-0.4, -0.2) is 46.3 Å². The van der Waals surface area contributed by atoms with E-state index in [2.05, 4.69) is 14.9 Å². The van der Waals surface area contributed by atoms with Crippen LogP contribution in [0.3, 0.4) is 0 Å². The van der Waals surface area contributed by atoms with Crippen molar-refractivity contribution in [2.75, 3.05) is 31.7 Å². The van der Waals surface area contributed by atoms with Crippen molar-refractivity contribution in [2.24, 2.45) is 7.05 Å². The summed E-state index contributed by atoms with van der Waals surface area (Å²) in [7, 11) is 3.39. The Balaban J connectivity index is 1.59. The summed E-state index contributed by atoms with van der Waals surface area (Å²) in [5.41, 5.74) is 2.13. The Kier molecular flexibility index (Phi) is 5.53. The predicted molar refractivity (Wildman–Crippen MR) is 109 cm³/mol. The van der Waals surface area contributed by atoms with Crippen molar-refractivity contribution in [3.05, 3.63) is 64.8 Å². The third kappa shape index (κ3) is 4.12. The van der Waals surface area contributed by atoms with E-state index in [-0.39, 0.29) is 11.7 Å². The van der Waals surface area contributed by atoms with Gasteiger partial charge in [-0.2, -0.15) is 0 Å². The maximum absolute atomic E-state index is 12.5. The lowest BCUT2D eigenvalue weighted by molar-refractivity contribution is 0.0646. The lowest BCUT2D eigenvalue weighted by Gasteiger charge is -2.23. The third-order valence-corrected chi connectivity index (χ3v) is 5.05. The van der Waals surface area contributed by atoms with Gasteiger partial charge in [-0.1, -0.05) is 12.1 Å². The second-order valence-corrected chi connectivity index (χ2v) is 6.85. The zero-order chi connectivity index (χ0) is 20.2. The zero-order valence-corrected chi connectivity index (χ0v) is 16.5. The molecule has 1 saturated heterocycles. The highest BCUT2D eigenvalue weighted by Crippen LogP contribution is 2.28. The lowest BCUT2D eigenvalue weighted by atomic mass is 10.1. The van der Waals surface area contributed by atoms with Gasteiger partial charge in [0.2, 0.25) is 5.95 Å². The number of nitrogens with zero attached hydrogens (tertiary/aromatic N) is 5. The first-order chi connectivity index (χ1) is 14.2. The molecule has 0 saturated carbocycles. The van der Waals surface area contributed by atoms with Crippen LogP contribution >= 0.6 is 0 Å². The molecule has 8 heteroatoms. The summed E-state index contributed by atoms with van der Waals surface area (Å²) in [6, 6.07) is 11.2. The number of aromatic nitrogens is 4. The lowest BCUT2D eigenvalue weighted by Crippen LogP contribution is -2.33. The Hall–Kier alpha value is -3.26. The van der Waals surface area contributed by atoms with E-state index < -0.39 is 0 Å². The molecule has 0 amide bonds. The number of methoxy groups -OCH3 is 1. The molecule has 3 heterocycles. The van der Waals surface area contributed by atoms with Gasteiger partial charge in [0.05, 0.1) is 31.2 Å². The molecule has 0 spiro atoms. The number of rotatable bonds is 4. The maximum atomic E-state index is 12.5. The largest absolute Gasteiger partial charge is 0.497 e. The molecule has 150 valence electrons. The molecule has 1 aliphatic heterocycles. The van der Waals surface area contributed by atoms with Gasteiger partial charge in [0.15, 0.2) is 0 Å². The second-order valence-electron chi connectivity index (χ2n) is 6.85. The zero-order valence-electron chi connectivity index (χ0n) is 16.5. The van der Waals surface area contributed by atoms with Crippen molar-refractivity contribution >= 4 is 5.95 Å². The molecule has 1 aliphatic rings. The molecule has 1 aromatic carbocycles. The van der Waals surface area contributed by atoms with Crippen LogP contribution in [0.1, 0.15) is 18.1 Å². The number of hydrogen-bond acceptors (Lipinski definition) is 7. The average molecular weight is 393 g/mol. The minimum atomic E-state index is -0.127. The van der Waals surface area contributed by atoms with Gasteiger partial charge >= 0.3 is 0 Å². The Morgan fingerprint density at radius 3 is 2.86 bits per heavy atom. The molecule has 0 N–H and O–H groups in total. The fraction of sp³-hybridized carbons (Fsp3) is 0.333. The van der Waals surface area contributed by atoms with Gasteiger partial charge in [0, 0.05) is 32.4 Å². The highest BCUT2D eigenvalue weighted by Gasteiger charge is 2.22. The molecule has 1 unspecified atom stereocenters. The molecule has 1 atom stereocenters. The smallest absolute Gasteiger partial charge is 0.255 e. The summed E-state index contributed by atoms with van der Waals surface area (Å²) in [6.45, 7) is 1.90. The predicted octanol–water partition coefficient (Wildman–Crippen LogP) is 2.21. The normalized spacial score (nSPS) is 17.0. The van der Waals surface area contributed by atoms with Crippen LogP contribution in [0.5, 0.6) is 5.75 Å². The summed E-state index contributed by atoms with van der Waals surface area (Å²) in [4.78, 5) is 27.5. The molecular formula is C21H23N5O3. The summed E-state index contributed by atoms with van der Waals surface area (Å²) in [6.07, 6.45) is 3.84. The Morgan fingerprint density at radius 2 is 2.07 bits per heavy atom. The van der Waals surface area contributed by atoms with Gasteiger partial charge in [-0.3, -0.25) is 9.36 Å². The molecule has 2 aromatic heterocycles. The second kappa shape index (κ2) is 8.40. The van der Waals surface area contributed by atoms with Gasteiger partial charge in [0.1, 0.15) is 12.1 Å². The Bertz CT molecular complexity index is 1040. The SMILES string of the molecule is COc1cccc(C2CCN(c3nc(-c4ccncn4)cc(=O)n3C)CCO2)c1. The van der Waals surface area contributed by atoms with E-state index in [0.717, 1.165) is 24.3 Å². The first-order valence-electron chi connectivity index (χ1n) is 9.50. The number of ether oxygens (including phenoxy) is 2. The van der Waals surface area contributed by atoms with Crippen molar-refractivity contribution in [3.8, 4) is 17.1 Å². The van der Waals surface area contributed by atoms with Gasteiger partial charge < -0.3 is 14.4 Å². The van der Waals surface area contributed by atoms with Crippen molar-refractivity contribution in [3.63, 3.8) is 0 Å². The summed E-state index contributed by atoms with van der Waals surface area (Å²) < 4.78 is 13.0. The summed E-state index contributed by atoms with van der Waals surface area (Å²) in [5, 5.41) is 0. The number of hydrogen-bond donors (Lipinski definition) is 0. The van der Waals surface area contributed by atoms with Crippen molar-refractivity contribution in [1.82, 2.24) is 19.5 Å². The van der Waals surface area contributed by atoms with Crippen LogP contribution in [0.15, 0.2) is 53.7 Å². The van der Waals surface area contributed by atoms with Crippen LogP contribution in [0, 0.1) is 0 Å². The van der Waals surface area contributed by atoms with Crippen molar-refractivity contribution < 1.29 is 9.47 Å². The van der Waals surface area contributed by atoms with E-state index in [4.69, 9.17) is 14.5 Å². The van der Waals surface area contributed by atoms with Crippen molar-refractivity contribution in [1.29, 1.82) is 0 Å². The quantitative estimate of drug-likeness (QED) is 0.672. The first-order valence-corrected chi connectivity index (χ1v) is 9.50. The van der Waals surface area contributed by atoms with Gasteiger partial charge in [0.25, 0.3) is 5.56 Å². The van der Waals surface area contributed by atoms with Gasteiger partial charge in [-0.15, -0.1) is 0 Å². The van der Waals surface area contributed by atoms with Gasteiger partial charge in [-0.25, -0.2) is 15.0 Å². The van der Waals surface area contributed by atoms with E-state index in [1.165, 1.54) is 12.4 Å². The van der Waals surface area contributed by atoms with E-state index in [9.17, 15) is 4.79 Å². The van der Waals surface area contributed by atoms with Crippen LogP contribution in [-0.2, 0) is 11.8 Å². The summed E-state index contributed by atoms with van der Waals surface area (Å²) in [5.74, 6) is 1.43. The van der Waals surface area contributed by atoms with E-state index in [0.29, 0.717) is 30.5 Å². The molecule has 0 radical (unpaired) electrons. The number of anilines is 1. The van der Waals surface area contributed by atoms with E-state index in [1.807, 2.05) is 24.3 Å². The monoisotopic (exact) mass is 393 g/mol. The molecule has 29 heavy (non-hydrogen) atoms. The fourth-order valence-electron chi connectivity index (χ4n) is 3.46. The third-order valence-electron chi connectivity index (χ3n) is 5.05. The molecule has 1 fully saturated rings. The molecule has 8 nitrogen and oxygen atoms in total. The highest BCUT2D eigenvalue weighted by atomic mass is 16.5. The molecule has 4 rings (SSSR count). The number of benzene rings is 1. The van der Waals surface area contributed by atoms with Crippen LogP contribution < -0.4 is 15.2 Å². The Morgan fingerprint density at radius 1 is 1.17 bits per heavy atom. The molecular weight excluding hydrogens is 370 g/mol. The highest BCUT2D eigenvalue weighted by molar-refractivity contribution is 5.55. The van der Waals surface area contributed by atoms with Crippen LogP contribution in [0.4, 0.5) is 5.95 Å². The average Bonchev–Trinajstić information content (AvgIpc) is 3.02. The summed E-state index contributed by atoms with van der Waals surface area (Å²) >= 11 is 0. The topological polar surface area (TPSA) is 82.4 Å². The van der Waals surface area contributed by atoms with Gasteiger partial charge in [-0.05, 0) is 30.2 Å². The van der Waals surface area contributed by atoms with Crippen LogP contribution in [0.2, 0.25) is 0 Å². The first kappa shape index (κ1) is 19.1. The fourth-order valence-corrected chi connectivity index (χ4v) is 3.46. The van der Waals surface area contributed by atoms with Crippen LogP contribution in [0.25, 0.3) is 11.4 Å². The van der Waals surface area contributed by atoms with E-state index in [1.54, 1.807) is 31.0 Å². The standard InChI is InChI=1S/C21H23N5O3/c1-25-20(27)13-18(17-6-8-22-14-23-17)24-21(25)26-9-7-19(29-11-10-26)15-4-3-5-16(12-15)28-2/h3-6,8,12-14,19H,7,9-11H2,1-2H3.